The lowest BCUT2D eigenvalue weighted by atomic mass is 10.1. The van der Waals surface area contributed by atoms with Crippen LogP contribution in [0.2, 0.25) is 5.02 Å². The Bertz CT molecular complexity index is 486. The zero-order valence-electron chi connectivity index (χ0n) is 12.8. The molecule has 1 saturated heterocycles. The number of halogens is 1. The molecule has 4 nitrogen and oxygen atoms in total. The minimum atomic E-state index is 0.0161. The van der Waals surface area contributed by atoms with E-state index in [9.17, 15) is 4.79 Å². The van der Waals surface area contributed by atoms with Crippen LogP contribution >= 0.6 is 11.6 Å². The molecular formula is C16H24ClN3O. The van der Waals surface area contributed by atoms with Gasteiger partial charge in [-0.25, -0.2) is 0 Å². The summed E-state index contributed by atoms with van der Waals surface area (Å²) in [7, 11) is 0. The van der Waals surface area contributed by atoms with Crippen LogP contribution in [0.25, 0.3) is 0 Å². The number of anilines is 1. The van der Waals surface area contributed by atoms with Crippen molar-refractivity contribution in [2.45, 2.75) is 32.7 Å². The van der Waals surface area contributed by atoms with Gasteiger partial charge in [0.15, 0.2) is 0 Å². The number of carbonyl (C=O) groups is 1. The number of rotatable bonds is 5. The summed E-state index contributed by atoms with van der Waals surface area (Å²) in [6, 6.07) is 6.06. The number of amides is 1. The third-order valence-electron chi connectivity index (χ3n) is 4.00. The summed E-state index contributed by atoms with van der Waals surface area (Å²) in [6.07, 6.45) is 2.33. The fourth-order valence-electron chi connectivity index (χ4n) is 2.70. The second-order valence-corrected chi connectivity index (χ2v) is 5.98. The van der Waals surface area contributed by atoms with Gasteiger partial charge in [-0.3, -0.25) is 9.69 Å². The second-order valence-electron chi connectivity index (χ2n) is 5.58. The first-order valence-corrected chi connectivity index (χ1v) is 7.98. The van der Waals surface area contributed by atoms with E-state index in [0.717, 1.165) is 37.3 Å². The molecular weight excluding hydrogens is 286 g/mol. The number of carbonyl (C=O) groups excluding carboxylic acids is 1. The summed E-state index contributed by atoms with van der Waals surface area (Å²) in [5.41, 5.74) is 1.77. The molecule has 2 rings (SSSR count). The van der Waals surface area contributed by atoms with Gasteiger partial charge in [0.25, 0.3) is 0 Å². The predicted molar refractivity (Wildman–Crippen MR) is 88.0 cm³/mol. The Morgan fingerprint density at radius 1 is 1.52 bits per heavy atom. The van der Waals surface area contributed by atoms with Crippen LogP contribution in [0.4, 0.5) is 5.69 Å². The normalized spacial score (nSPS) is 18.8. The Labute approximate surface area is 131 Å². The molecule has 0 spiro atoms. The third kappa shape index (κ3) is 4.70. The molecule has 0 aromatic heterocycles. The van der Waals surface area contributed by atoms with Gasteiger partial charge in [-0.05, 0) is 50.6 Å². The second kappa shape index (κ2) is 7.78. The average Bonchev–Trinajstić information content (AvgIpc) is 2.49. The van der Waals surface area contributed by atoms with Crippen molar-refractivity contribution in [3.8, 4) is 0 Å². The molecule has 0 bridgehead atoms. The van der Waals surface area contributed by atoms with Crippen LogP contribution < -0.4 is 10.6 Å². The van der Waals surface area contributed by atoms with Crippen molar-refractivity contribution in [2.24, 2.45) is 0 Å². The summed E-state index contributed by atoms with van der Waals surface area (Å²) in [6.45, 7) is 7.41. The summed E-state index contributed by atoms with van der Waals surface area (Å²) >= 11 is 6.08. The highest BCUT2D eigenvalue weighted by atomic mass is 35.5. The number of likely N-dealkylation sites (N-methyl/N-ethyl adjacent to an activating group) is 1. The summed E-state index contributed by atoms with van der Waals surface area (Å²) < 4.78 is 0. The Morgan fingerprint density at radius 3 is 2.95 bits per heavy atom. The van der Waals surface area contributed by atoms with Crippen LogP contribution in [0.5, 0.6) is 0 Å². The molecule has 0 radical (unpaired) electrons. The van der Waals surface area contributed by atoms with Crippen LogP contribution in [0, 0.1) is 6.92 Å². The highest BCUT2D eigenvalue weighted by molar-refractivity contribution is 6.31. The largest absolute Gasteiger partial charge is 0.325 e. The molecule has 1 aliphatic heterocycles. The maximum absolute atomic E-state index is 12.2. The number of hydrogen-bond acceptors (Lipinski definition) is 3. The molecule has 1 unspecified atom stereocenters. The molecule has 116 valence electrons. The monoisotopic (exact) mass is 309 g/mol. The summed E-state index contributed by atoms with van der Waals surface area (Å²) in [5.74, 6) is 0.0161. The highest BCUT2D eigenvalue weighted by Crippen LogP contribution is 2.20. The van der Waals surface area contributed by atoms with Gasteiger partial charge < -0.3 is 10.6 Å². The Hall–Kier alpha value is -1.10. The van der Waals surface area contributed by atoms with E-state index in [4.69, 9.17) is 11.6 Å². The smallest absolute Gasteiger partial charge is 0.238 e. The fraction of sp³-hybridized carbons (Fsp3) is 0.562. The lowest BCUT2D eigenvalue weighted by Gasteiger charge is -2.33. The standard InChI is InChI=1S/C16H24ClN3O/c1-3-20(14-5-4-8-18-10-14)11-16(21)19-13-7-6-12(2)15(17)9-13/h6-7,9,14,18H,3-5,8,10-11H2,1-2H3,(H,19,21). The molecule has 0 aliphatic carbocycles. The van der Waals surface area contributed by atoms with E-state index in [1.807, 2.05) is 19.1 Å². The van der Waals surface area contributed by atoms with Gasteiger partial charge in [0.1, 0.15) is 0 Å². The number of benzene rings is 1. The van der Waals surface area contributed by atoms with Crippen molar-refractivity contribution in [1.82, 2.24) is 10.2 Å². The third-order valence-corrected chi connectivity index (χ3v) is 4.40. The molecule has 21 heavy (non-hydrogen) atoms. The van der Waals surface area contributed by atoms with Gasteiger partial charge in [0.05, 0.1) is 6.54 Å². The fourth-order valence-corrected chi connectivity index (χ4v) is 2.88. The first-order valence-electron chi connectivity index (χ1n) is 7.61. The zero-order valence-corrected chi connectivity index (χ0v) is 13.5. The number of piperidine rings is 1. The van der Waals surface area contributed by atoms with Gasteiger partial charge in [0, 0.05) is 23.3 Å². The Morgan fingerprint density at radius 2 is 2.33 bits per heavy atom. The molecule has 1 atom stereocenters. The van der Waals surface area contributed by atoms with Gasteiger partial charge in [-0.1, -0.05) is 24.6 Å². The highest BCUT2D eigenvalue weighted by Gasteiger charge is 2.21. The number of hydrogen-bond donors (Lipinski definition) is 2. The van der Waals surface area contributed by atoms with E-state index in [0.29, 0.717) is 17.6 Å². The van der Waals surface area contributed by atoms with Crippen molar-refractivity contribution in [3.05, 3.63) is 28.8 Å². The van der Waals surface area contributed by atoms with Crippen molar-refractivity contribution in [1.29, 1.82) is 0 Å². The van der Waals surface area contributed by atoms with E-state index in [2.05, 4.69) is 22.5 Å². The summed E-state index contributed by atoms with van der Waals surface area (Å²) in [5, 5.41) is 7.00. The summed E-state index contributed by atoms with van der Waals surface area (Å²) in [4.78, 5) is 14.4. The van der Waals surface area contributed by atoms with Crippen molar-refractivity contribution in [2.75, 3.05) is 31.5 Å². The van der Waals surface area contributed by atoms with Gasteiger partial charge >= 0.3 is 0 Å². The minimum absolute atomic E-state index is 0.0161. The van der Waals surface area contributed by atoms with E-state index in [1.54, 1.807) is 6.07 Å². The van der Waals surface area contributed by atoms with Crippen molar-refractivity contribution < 1.29 is 4.79 Å². The number of aryl methyl sites for hydroxylation is 1. The van der Waals surface area contributed by atoms with E-state index >= 15 is 0 Å². The molecule has 1 fully saturated rings. The maximum Gasteiger partial charge on any atom is 0.238 e. The van der Waals surface area contributed by atoms with Gasteiger partial charge in [-0.15, -0.1) is 0 Å². The minimum Gasteiger partial charge on any atom is -0.325 e. The lowest BCUT2D eigenvalue weighted by molar-refractivity contribution is -0.117. The number of nitrogens with one attached hydrogen (secondary N) is 2. The van der Waals surface area contributed by atoms with Crippen molar-refractivity contribution >= 4 is 23.2 Å². The van der Waals surface area contributed by atoms with Crippen LogP contribution in [-0.4, -0.2) is 43.0 Å². The first kappa shape index (κ1) is 16.3. The molecule has 2 N–H and O–H groups in total. The lowest BCUT2D eigenvalue weighted by Crippen LogP contribution is -2.48. The average molecular weight is 310 g/mol. The van der Waals surface area contributed by atoms with E-state index in [1.165, 1.54) is 6.42 Å². The van der Waals surface area contributed by atoms with Gasteiger partial charge in [-0.2, -0.15) is 0 Å². The van der Waals surface area contributed by atoms with Crippen LogP contribution in [-0.2, 0) is 4.79 Å². The van der Waals surface area contributed by atoms with Crippen LogP contribution in [0.15, 0.2) is 18.2 Å². The van der Waals surface area contributed by atoms with Crippen LogP contribution in [0.3, 0.4) is 0 Å². The molecule has 1 aliphatic rings. The first-order chi connectivity index (χ1) is 10.1. The van der Waals surface area contributed by atoms with E-state index < -0.39 is 0 Å². The van der Waals surface area contributed by atoms with Crippen LogP contribution in [0.1, 0.15) is 25.3 Å². The molecule has 1 heterocycles. The Balaban J connectivity index is 1.91. The molecule has 1 amide bonds. The topological polar surface area (TPSA) is 44.4 Å². The molecule has 0 saturated carbocycles. The van der Waals surface area contributed by atoms with Gasteiger partial charge in [0.2, 0.25) is 5.91 Å². The zero-order chi connectivity index (χ0) is 15.2. The Kier molecular flexibility index (Phi) is 6.03. The van der Waals surface area contributed by atoms with E-state index in [-0.39, 0.29) is 5.91 Å². The maximum atomic E-state index is 12.2. The van der Waals surface area contributed by atoms with Crippen molar-refractivity contribution in [3.63, 3.8) is 0 Å². The number of nitrogens with zero attached hydrogens (tertiary/aromatic N) is 1. The molecule has 5 heteroatoms. The molecule has 1 aromatic rings. The molecule has 1 aromatic carbocycles. The quantitative estimate of drug-likeness (QED) is 0.879. The SMILES string of the molecule is CCN(CC(=O)Nc1ccc(C)c(Cl)c1)C1CCCNC1. The predicted octanol–water partition coefficient (Wildman–Crippen LogP) is 2.66.